The van der Waals surface area contributed by atoms with E-state index in [0.29, 0.717) is 23.8 Å². The van der Waals surface area contributed by atoms with E-state index in [4.69, 9.17) is 9.15 Å². The van der Waals surface area contributed by atoms with Crippen LogP contribution in [-0.4, -0.2) is 22.5 Å². The quantitative estimate of drug-likeness (QED) is 0.732. The van der Waals surface area contributed by atoms with E-state index in [1.54, 1.807) is 0 Å². The Bertz CT molecular complexity index is 919. The maximum absolute atomic E-state index is 12.3. The van der Waals surface area contributed by atoms with E-state index in [1.807, 2.05) is 58.0 Å². The van der Waals surface area contributed by atoms with Crippen molar-refractivity contribution in [2.45, 2.75) is 40.2 Å². The van der Waals surface area contributed by atoms with Crippen LogP contribution in [0.1, 0.15) is 42.6 Å². The van der Waals surface area contributed by atoms with E-state index in [1.165, 1.54) is 0 Å². The molecule has 0 radical (unpaired) electrons. The lowest BCUT2D eigenvalue weighted by Crippen LogP contribution is -2.31. The van der Waals surface area contributed by atoms with Gasteiger partial charge in [-0.15, -0.1) is 0 Å². The maximum Gasteiger partial charge on any atom is 0.258 e. The molecule has 3 rings (SSSR count). The molecule has 6 heteroatoms. The number of ether oxygens (including phenoxy) is 1. The van der Waals surface area contributed by atoms with Crippen molar-refractivity contribution in [3.8, 4) is 5.88 Å². The van der Waals surface area contributed by atoms with Crippen molar-refractivity contribution in [1.82, 2.24) is 15.3 Å². The topological polar surface area (TPSA) is 77.2 Å². The third kappa shape index (κ3) is 3.69. The van der Waals surface area contributed by atoms with Gasteiger partial charge in [0.25, 0.3) is 5.91 Å². The molecular weight excluding hydrogens is 330 g/mol. The molecule has 136 valence electrons. The predicted molar refractivity (Wildman–Crippen MR) is 99.2 cm³/mol. The van der Waals surface area contributed by atoms with E-state index >= 15 is 0 Å². The molecule has 0 aliphatic heterocycles. The van der Waals surface area contributed by atoms with Gasteiger partial charge in [0, 0.05) is 12.0 Å². The van der Waals surface area contributed by atoms with Crippen LogP contribution in [0, 0.1) is 13.8 Å². The van der Waals surface area contributed by atoms with Gasteiger partial charge in [0.2, 0.25) is 11.6 Å². The van der Waals surface area contributed by atoms with Crippen LogP contribution in [0.3, 0.4) is 0 Å². The number of nitrogens with zero attached hydrogens (tertiary/aromatic N) is 2. The summed E-state index contributed by atoms with van der Waals surface area (Å²) >= 11 is 0. The second kappa shape index (κ2) is 7.56. The molecule has 0 fully saturated rings. The maximum atomic E-state index is 12.3. The van der Waals surface area contributed by atoms with Gasteiger partial charge in [-0.05, 0) is 26.3 Å². The van der Waals surface area contributed by atoms with Crippen molar-refractivity contribution in [3.63, 3.8) is 0 Å². The van der Waals surface area contributed by atoms with Gasteiger partial charge in [0.05, 0.1) is 6.04 Å². The highest BCUT2D eigenvalue weighted by molar-refractivity contribution is 5.85. The van der Waals surface area contributed by atoms with Crippen molar-refractivity contribution in [2.24, 2.45) is 0 Å². The minimum atomic E-state index is -0.205. The SMILES string of the molecule is CCc1nc(OCC(=O)N[C@@H](C)c2ccccc2)c2c(C)c(C)oc2n1. The lowest BCUT2D eigenvalue weighted by molar-refractivity contribution is -0.123. The summed E-state index contributed by atoms with van der Waals surface area (Å²) in [6.45, 7) is 7.59. The smallest absolute Gasteiger partial charge is 0.258 e. The summed E-state index contributed by atoms with van der Waals surface area (Å²) in [6, 6.07) is 9.70. The highest BCUT2D eigenvalue weighted by Crippen LogP contribution is 2.30. The minimum absolute atomic E-state index is 0.0955. The second-order valence-electron chi connectivity index (χ2n) is 6.25. The number of carbonyl (C=O) groups is 1. The zero-order chi connectivity index (χ0) is 18.7. The van der Waals surface area contributed by atoms with E-state index < -0.39 is 0 Å². The molecule has 26 heavy (non-hydrogen) atoms. The van der Waals surface area contributed by atoms with E-state index in [9.17, 15) is 4.79 Å². The summed E-state index contributed by atoms with van der Waals surface area (Å²) in [7, 11) is 0. The predicted octanol–water partition coefficient (Wildman–Crippen LogP) is 3.66. The Morgan fingerprint density at radius 3 is 2.65 bits per heavy atom. The number of fused-ring (bicyclic) bond motifs is 1. The van der Waals surface area contributed by atoms with Crippen LogP contribution in [0.2, 0.25) is 0 Å². The number of aryl methyl sites for hydroxylation is 3. The highest BCUT2D eigenvalue weighted by atomic mass is 16.5. The van der Waals surface area contributed by atoms with Gasteiger partial charge in [0.15, 0.2) is 6.61 Å². The van der Waals surface area contributed by atoms with Gasteiger partial charge in [-0.25, -0.2) is 0 Å². The summed E-state index contributed by atoms with van der Waals surface area (Å²) in [5.74, 6) is 1.58. The van der Waals surface area contributed by atoms with Gasteiger partial charge in [-0.3, -0.25) is 4.79 Å². The van der Waals surface area contributed by atoms with Gasteiger partial charge in [0.1, 0.15) is 17.0 Å². The molecule has 6 nitrogen and oxygen atoms in total. The van der Waals surface area contributed by atoms with Crippen molar-refractivity contribution in [2.75, 3.05) is 6.61 Å². The van der Waals surface area contributed by atoms with E-state index in [2.05, 4.69) is 15.3 Å². The monoisotopic (exact) mass is 353 g/mol. The van der Waals surface area contributed by atoms with Crippen molar-refractivity contribution >= 4 is 17.0 Å². The highest BCUT2D eigenvalue weighted by Gasteiger charge is 2.18. The molecule has 1 atom stereocenters. The molecule has 0 aliphatic rings. The molecule has 2 aromatic heterocycles. The molecule has 0 unspecified atom stereocenters. The normalized spacial score (nSPS) is 12.2. The van der Waals surface area contributed by atoms with Crippen LogP contribution in [0.25, 0.3) is 11.1 Å². The van der Waals surface area contributed by atoms with Crippen molar-refractivity contribution in [3.05, 3.63) is 53.0 Å². The van der Waals surface area contributed by atoms with Crippen LogP contribution in [-0.2, 0) is 11.2 Å². The standard InChI is InChI=1S/C20H23N3O3/c1-5-16-22-19(18-12(2)14(4)26-20(18)23-16)25-11-17(24)21-13(3)15-9-7-6-8-10-15/h6-10,13H,5,11H2,1-4H3,(H,21,24)/t13-/m0/s1. The zero-order valence-corrected chi connectivity index (χ0v) is 15.5. The first-order valence-corrected chi connectivity index (χ1v) is 8.73. The van der Waals surface area contributed by atoms with Crippen LogP contribution in [0.15, 0.2) is 34.7 Å². The van der Waals surface area contributed by atoms with Crippen LogP contribution in [0.5, 0.6) is 5.88 Å². The van der Waals surface area contributed by atoms with Crippen LogP contribution in [0.4, 0.5) is 0 Å². The molecule has 1 N–H and O–H groups in total. The number of furan rings is 1. The van der Waals surface area contributed by atoms with Gasteiger partial charge in [-0.2, -0.15) is 9.97 Å². The van der Waals surface area contributed by atoms with Gasteiger partial charge >= 0.3 is 0 Å². The minimum Gasteiger partial charge on any atom is -0.467 e. The van der Waals surface area contributed by atoms with Crippen molar-refractivity contribution in [1.29, 1.82) is 0 Å². The number of amides is 1. The average molecular weight is 353 g/mol. The summed E-state index contributed by atoms with van der Waals surface area (Å²) in [6.07, 6.45) is 0.655. The fourth-order valence-corrected chi connectivity index (χ4v) is 2.76. The first kappa shape index (κ1) is 17.9. The fourth-order valence-electron chi connectivity index (χ4n) is 2.76. The lowest BCUT2D eigenvalue weighted by Gasteiger charge is -2.14. The number of carbonyl (C=O) groups excluding carboxylic acids is 1. The number of rotatable bonds is 6. The summed E-state index contributed by atoms with van der Waals surface area (Å²) in [5, 5.41) is 3.66. The van der Waals surface area contributed by atoms with Crippen LogP contribution < -0.4 is 10.1 Å². The Hall–Kier alpha value is -2.89. The van der Waals surface area contributed by atoms with Gasteiger partial charge in [-0.1, -0.05) is 37.3 Å². The molecule has 0 spiro atoms. The summed E-state index contributed by atoms with van der Waals surface area (Å²) < 4.78 is 11.4. The summed E-state index contributed by atoms with van der Waals surface area (Å²) in [5.41, 5.74) is 2.47. The molecule has 2 heterocycles. The van der Waals surface area contributed by atoms with Crippen LogP contribution >= 0.6 is 0 Å². The lowest BCUT2D eigenvalue weighted by atomic mass is 10.1. The average Bonchev–Trinajstić information content (AvgIpc) is 2.94. The van der Waals surface area contributed by atoms with E-state index in [0.717, 1.165) is 22.3 Å². The van der Waals surface area contributed by atoms with Gasteiger partial charge < -0.3 is 14.5 Å². The number of hydrogen-bond donors (Lipinski definition) is 1. The Kier molecular flexibility index (Phi) is 5.21. The molecule has 0 aliphatic carbocycles. The Morgan fingerprint density at radius 2 is 1.96 bits per heavy atom. The summed E-state index contributed by atoms with van der Waals surface area (Å²) in [4.78, 5) is 21.1. The molecule has 0 saturated heterocycles. The first-order valence-electron chi connectivity index (χ1n) is 8.73. The number of benzene rings is 1. The molecule has 1 aromatic carbocycles. The molecular formula is C20H23N3O3. The third-order valence-electron chi connectivity index (χ3n) is 4.38. The molecule has 3 aromatic rings. The second-order valence-corrected chi connectivity index (χ2v) is 6.25. The third-order valence-corrected chi connectivity index (χ3v) is 4.38. The molecule has 0 saturated carbocycles. The number of aromatic nitrogens is 2. The molecule has 1 amide bonds. The van der Waals surface area contributed by atoms with Crippen molar-refractivity contribution < 1.29 is 13.9 Å². The Morgan fingerprint density at radius 1 is 1.23 bits per heavy atom. The fraction of sp³-hybridized carbons (Fsp3) is 0.350. The number of nitrogens with one attached hydrogen (secondary N) is 1. The Labute approximate surface area is 152 Å². The number of hydrogen-bond acceptors (Lipinski definition) is 5. The van der Waals surface area contributed by atoms with E-state index in [-0.39, 0.29) is 18.6 Å². The first-order chi connectivity index (χ1) is 12.5. The zero-order valence-electron chi connectivity index (χ0n) is 15.5. The molecule has 0 bridgehead atoms. The largest absolute Gasteiger partial charge is 0.467 e. The Balaban J connectivity index is 1.74.